The lowest BCUT2D eigenvalue weighted by Crippen LogP contribution is -2.30. The summed E-state index contributed by atoms with van der Waals surface area (Å²) in [6.07, 6.45) is 138. The Bertz CT molecular complexity index is 3110. The highest BCUT2D eigenvalue weighted by molar-refractivity contribution is 7.47. The fourth-order valence-corrected chi connectivity index (χ4v) is 16.2. The molecule has 0 bridgehead atoms. The fraction of sp³-hybridized carbons (Fsp3) is 0.708. The van der Waals surface area contributed by atoms with Crippen LogP contribution in [0.15, 0.2) is 182 Å². The molecule has 0 aromatic heterocycles. The normalized spacial score (nSPS) is 14.3. The van der Waals surface area contributed by atoms with Crippen molar-refractivity contribution in [3.63, 3.8) is 0 Å². The average molecular weight is 1870 g/mol. The van der Waals surface area contributed by atoms with Crippen LogP contribution >= 0.6 is 15.6 Å². The van der Waals surface area contributed by atoms with Crippen molar-refractivity contribution < 1.29 is 75.8 Å². The molecule has 0 saturated carbocycles. The van der Waals surface area contributed by atoms with E-state index in [1.165, 1.54) is 238 Å². The third kappa shape index (κ3) is 105. The molecule has 5 unspecified atom stereocenters. The standard InChI is InChI=1S/C113H194O16P2/c1-4-7-10-13-16-19-22-25-28-31-34-37-40-43-45-47-49-51-53-55-57-59-61-64-66-69-72-75-78-81-84-87-90-93-96-99-111(116)123-102-108(114)103-125-130(119,120)126-104-109(115)105-127-131(121,122)128-107-110(129-113(118)101-98-95-92-89-86-83-80-77-74-71-68-63-42-39-36-33-30-27-24-21-18-15-12-9-6-3)106-124-112(117)100-97-94-91-88-85-82-79-76-73-70-67-65-62-60-58-56-54-52-50-48-46-44-41-38-35-32-29-26-23-20-17-14-11-8-5-2/h7-8,10-11,16-21,25-30,34-39,43-46,49,51,63,68,108-110,114-115H,4-6,9,12-15,22-24,31-33,40-42,47-48,50,52-62,64-67,69-107H2,1-3H3,(H,119,120)(H,121,122)/b10-7-,11-8-,19-16-,20-17-,21-18-,28-25-,29-26-,30-27-,37-34-,38-35-,39-36-,45-43-,46-44-,51-49-,68-63-. The summed E-state index contributed by atoms with van der Waals surface area (Å²) in [5.41, 5.74) is 0. The Kier molecular flexibility index (Phi) is 99.3. The van der Waals surface area contributed by atoms with Gasteiger partial charge in [-0.2, -0.15) is 0 Å². The highest BCUT2D eigenvalue weighted by Crippen LogP contribution is 2.45. The van der Waals surface area contributed by atoms with Crippen LogP contribution in [-0.4, -0.2) is 95.9 Å². The summed E-state index contributed by atoms with van der Waals surface area (Å²) in [4.78, 5) is 59.3. The van der Waals surface area contributed by atoms with Crippen molar-refractivity contribution in [2.45, 2.75) is 476 Å². The minimum atomic E-state index is -4.95. The van der Waals surface area contributed by atoms with E-state index in [2.05, 4.69) is 203 Å². The number of unbranched alkanes of at least 4 members (excludes halogenated alkanes) is 47. The minimum absolute atomic E-state index is 0.0959. The summed E-state index contributed by atoms with van der Waals surface area (Å²) in [6.45, 7) is 2.50. The predicted molar refractivity (Wildman–Crippen MR) is 555 cm³/mol. The number of ether oxygens (including phenoxy) is 3. The van der Waals surface area contributed by atoms with Crippen molar-refractivity contribution in [1.29, 1.82) is 0 Å². The van der Waals surface area contributed by atoms with Gasteiger partial charge < -0.3 is 34.2 Å². The number of phosphoric ester groups is 2. The van der Waals surface area contributed by atoms with E-state index in [1.807, 2.05) is 0 Å². The molecule has 0 aliphatic rings. The highest BCUT2D eigenvalue weighted by atomic mass is 31.2. The number of aliphatic hydroxyl groups is 2. The van der Waals surface area contributed by atoms with Crippen molar-refractivity contribution in [2.24, 2.45) is 0 Å². The molecular weight excluding hydrogens is 1680 g/mol. The van der Waals surface area contributed by atoms with Crippen molar-refractivity contribution >= 4 is 33.6 Å². The monoisotopic (exact) mass is 1870 g/mol. The summed E-state index contributed by atoms with van der Waals surface area (Å²) >= 11 is 0. The van der Waals surface area contributed by atoms with Crippen molar-refractivity contribution in [1.82, 2.24) is 0 Å². The molecule has 131 heavy (non-hydrogen) atoms. The molecule has 16 nitrogen and oxygen atoms in total. The van der Waals surface area contributed by atoms with Gasteiger partial charge in [0.05, 0.1) is 26.4 Å². The third-order valence-electron chi connectivity index (χ3n) is 22.6. The zero-order valence-electron chi connectivity index (χ0n) is 83.5. The number of rotatable bonds is 100. The van der Waals surface area contributed by atoms with Gasteiger partial charge in [-0.15, -0.1) is 0 Å². The second-order valence-corrected chi connectivity index (χ2v) is 38.2. The zero-order valence-corrected chi connectivity index (χ0v) is 85.2. The second kappa shape index (κ2) is 104. The van der Waals surface area contributed by atoms with Crippen LogP contribution in [0.5, 0.6) is 0 Å². The molecule has 0 fully saturated rings. The van der Waals surface area contributed by atoms with Gasteiger partial charge in [0, 0.05) is 19.3 Å². The minimum Gasteiger partial charge on any atom is -0.463 e. The van der Waals surface area contributed by atoms with Crippen LogP contribution in [0.3, 0.4) is 0 Å². The van der Waals surface area contributed by atoms with E-state index in [0.717, 1.165) is 161 Å². The first-order chi connectivity index (χ1) is 64.2. The SMILES string of the molecule is CC/C=C\C/C=C\C/C=C\C/C=C\C/C=C\C/C=C\CCCCCCCCCCCCCCCCCCC(=O)OCC(O)COP(=O)(O)OCC(O)COP(=O)(O)OCC(COC(=O)CCCCCCCCCCCCCCCCCCCCC/C=C\C/C=C\C/C=C\C/C=C\C/C=C\CC)OC(=O)CCCCCCCCCCC/C=C\C/C=C\C/C=C\C/C=C\CCCCC. The Morgan fingerprint density at radius 3 is 0.641 bits per heavy atom. The molecule has 0 radical (unpaired) electrons. The number of esters is 3. The second-order valence-electron chi connectivity index (χ2n) is 35.3. The number of phosphoric acid groups is 2. The molecule has 0 aliphatic carbocycles. The number of hydrogen-bond donors (Lipinski definition) is 4. The molecule has 0 aliphatic heterocycles. The fourth-order valence-electron chi connectivity index (χ4n) is 14.7. The molecule has 0 heterocycles. The lowest BCUT2D eigenvalue weighted by atomic mass is 10.0. The predicted octanol–water partition coefficient (Wildman–Crippen LogP) is 33.9. The Morgan fingerprint density at radius 1 is 0.221 bits per heavy atom. The maximum atomic E-state index is 13.1. The summed E-state index contributed by atoms with van der Waals surface area (Å²) in [5, 5.41) is 20.8. The van der Waals surface area contributed by atoms with Crippen LogP contribution in [0.2, 0.25) is 0 Å². The summed E-state index contributed by atoms with van der Waals surface area (Å²) < 4.78 is 61.7. The van der Waals surface area contributed by atoms with Gasteiger partial charge in [0.2, 0.25) is 0 Å². The van der Waals surface area contributed by atoms with Crippen molar-refractivity contribution in [2.75, 3.05) is 39.6 Å². The van der Waals surface area contributed by atoms with E-state index in [1.54, 1.807) is 0 Å². The first-order valence-electron chi connectivity index (χ1n) is 53.1. The maximum absolute atomic E-state index is 13.1. The Labute approximate surface area is 802 Å². The molecule has 0 amide bonds. The lowest BCUT2D eigenvalue weighted by Gasteiger charge is -2.21. The largest absolute Gasteiger partial charge is 0.472 e. The summed E-state index contributed by atoms with van der Waals surface area (Å²) in [7, 11) is -9.82. The van der Waals surface area contributed by atoms with Gasteiger partial charge in [-0.05, 0) is 161 Å². The van der Waals surface area contributed by atoms with Gasteiger partial charge in [0.1, 0.15) is 25.4 Å². The molecular formula is C113H194O16P2. The molecule has 752 valence electrons. The summed E-state index contributed by atoms with van der Waals surface area (Å²) in [5.74, 6) is -1.56. The smallest absolute Gasteiger partial charge is 0.463 e. The maximum Gasteiger partial charge on any atom is 0.472 e. The van der Waals surface area contributed by atoms with Crippen LogP contribution < -0.4 is 0 Å². The Morgan fingerprint density at radius 2 is 0.405 bits per heavy atom. The van der Waals surface area contributed by atoms with E-state index in [4.69, 9.17) is 32.3 Å². The Hall–Kier alpha value is -5.35. The molecule has 0 saturated heterocycles. The van der Waals surface area contributed by atoms with Crippen molar-refractivity contribution in [3.05, 3.63) is 182 Å². The molecule has 0 rings (SSSR count). The van der Waals surface area contributed by atoms with E-state index < -0.39 is 91.5 Å². The highest BCUT2D eigenvalue weighted by Gasteiger charge is 2.30. The van der Waals surface area contributed by atoms with Crippen LogP contribution in [0, 0.1) is 0 Å². The van der Waals surface area contributed by atoms with E-state index in [9.17, 15) is 43.5 Å². The third-order valence-corrected chi connectivity index (χ3v) is 24.5. The number of carbonyl (C=O) groups excluding carboxylic acids is 3. The first-order valence-corrected chi connectivity index (χ1v) is 56.1. The lowest BCUT2D eigenvalue weighted by molar-refractivity contribution is -0.161. The van der Waals surface area contributed by atoms with Gasteiger partial charge in [-0.3, -0.25) is 32.5 Å². The number of aliphatic hydroxyl groups excluding tert-OH is 2. The van der Waals surface area contributed by atoms with Gasteiger partial charge in [-0.1, -0.05) is 460 Å². The number of hydrogen-bond acceptors (Lipinski definition) is 14. The topological polar surface area (TPSA) is 231 Å². The van der Waals surface area contributed by atoms with E-state index in [0.29, 0.717) is 19.3 Å². The van der Waals surface area contributed by atoms with Crippen molar-refractivity contribution in [3.8, 4) is 0 Å². The van der Waals surface area contributed by atoms with Crippen LogP contribution in [0.25, 0.3) is 0 Å². The molecule has 0 aromatic rings. The summed E-state index contributed by atoms with van der Waals surface area (Å²) in [6, 6.07) is 0. The average Bonchev–Trinajstić information content (AvgIpc) is 0.898. The van der Waals surface area contributed by atoms with Crippen LogP contribution in [0.4, 0.5) is 0 Å². The van der Waals surface area contributed by atoms with E-state index in [-0.39, 0.29) is 19.3 Å². The molecule has 0 spiro atoms. The van der Waals surface area contributed by atoms with E-state index >= 15 is 0 Å². The quantitative estimate of drug-likeness (QED) is 0.0146. The first kappa shape index (κ1) is 126. The molecule has 18 heteroatoms. The van der Waals surface area contributed by atoms with Gasteiger partial charge in [0.25, 0.3) is 0 Å². The van der Waals surface area contributed by atoms with Gasteiger partial charge >= 0.3 is 33.6 Å². The van der Waals surface area contributed by atoms with Crippen LogP contribution in [-0.2, 0) is 55.8 Å². The molecule has 4 N–H and O–H groups in total. The number of allylic oxidation sites excluding steroid dienone is 30. The van der Waals surface area contributed by atoms with Crippen LogP contribution in [0.1, 0.15) is 457 Å². The zero-order chi connectivity index (χ0) is 95.0. The van der Waals surface area contributed by atoms with Gasteiger partial charge in [0.15, 0.2) is 6.10 Å². The number of carbonyl (C=O) groups is 3. The Balaban J connectivity index is 4.56. The van der Waals surface area contributed by atoms with Gasteiger partial charge in [-0.25, -0.2) is 9.13 Å². The molecule has 5 atom stereocenters. The molecule has 0 aromatic carbocycles.